The predicted molar refractivity (Wildman–Crippen MR) is 119 cm³/mol. The Hall–Kier alpha value is -2.86. The van der Waals surface area contributed by atoms with Crippen LogP contribution in [0.4, 0.5) is 5.69 Å². The quantitative estimate of drug-likeness (QED) is 0.496. The number of benzene rings is 2. The number of rotatable bonds is 5. The summed E-state index contributed by atoms with van der Waals surface area (Å²) in [6, 6.07) is 18.6. The van der Waals surface area contributed by atoms with Gasteiger partial charge in [-0.1, -0.05) is 50.2 Å². The van der Waals surface area contributed by atoms with Crippen LogP contribution in [0.25, 0.3) is 0 Å². The van der Waals surface area contributed by atoms with Crippen molar-refractivity contribution in [1.82, 2.24) is 0 Å². The van der Waals surface area contributed by atoms with Gasteiger partial charge < -0.3 is 5.32 Å². The molecule has 3 rings (SSSR count). The molecule has 1 N–H and O–H groups in total. The van der Waals surface area contributed by atoms with Crippen LogP contribution >= 0.6 is 0 Å². The third-order valence-electron chi connectivity index (χ3n) is 6.03. The first kappa shape index (κ1) is 20.9. The fourth-order valence-corrected chi connectivity index (χ4v) is 3.94. The average molecular weight is 387 g/mol. The monoisotopic (exact) mass is 386 g/mol. The fraction of sp³-hybridized carbons (Fsp3) is 0.385. The minimum absolute atomic E-state index is 0.279. The molecule has 1 saturated carbocycles. The van der Waals surface area contributed by atoms with Gasteiger partial charge in [0.2, 0.25) is 0 Å². The predicted octanol–water partition coefficient (Wildman–Crippen LogP) is 6.14. The van der Waals surface area contributed by atoms with Crippen LogP contribution in [-0.4, -0.2) is 5.91 Å². The topological polar surface area (TPSA) is 52.9 Å². The van der Waals surface area contributed by atoms with E-state index in [2.05, 4.69) is 62.5 Å². The molecule has 0 aromatic heterocycles. The lowest BCUT2D eigenvalue weighted by Crippen LogP contribution is -2.21. The van der Waals surface area contributed by atoms with Crippen LogP contribution in [0.3, 0.4) is 0 Å². The molecular formula is C26H30N2O. The first-order chi connectivity index (χ1) is 13.9. The molecule has 0 unspecified atom stereocenters. The lowest BCUT2D eigenvalue weighted by molar-refractivity contribution is -0.112. The van der Waals surface area contributed by atoms with Crippen LogP contribution in [0.15, 0.2) is 59.7 Å². The van der Waals surface area contributed by atoms with E-state index in [1.165, 1.54) is 11.1 Å². The van der Waals surface area contributed by atoms with Gasteiger partial charge in [-0.3, -0.25) is 4.79 Å². The number of anilines is 1. The fourth-order valence-electron chi connectivity index (χ4n) is 3.94. The molecule has 1 aliphatic rings. The van der Waals surface area contributed by atoms with E-state index >= 15 is 0 Å². The Balaban J connectivity index is 1.66. The number of amides is 1. The Kier molecular flexibility index (Phi) is 6.54. The van der Waals surface area contributed by atoms with Crippen LogP contribution in [0.2, 0.25) is 0 Å². The molecule has 3 heteroatoms. The van der Waals surface area contributed by atoms with Crippen LogP contribution < -0.4 is 5.32 Å². The van der Waals surface area contributed by atoms with Gasteiger partial charge in [-0.05, 0) is 85.3 Å². The molecule has 1 fully saturated rings. The lowest BCUT2D eigenvalue weighted by atomic mass is 9.74. The van der Waals surface area contributed by atoms with Crippen molar-refractivity contribution >= 4 is 11.6 Å². The molecule has 3 nitrogen and oxygen atoms in total. The standard InChI is InChI=1S/C26H30N2O/c1-19-17-23(12-11-21(19)10-9-20-7-5-4-6-8-20)28-25(29)24(18-27)22-13-15-26(2,3)16-14-22/h4-8,11-12,17H,9-10,13-16H2,1-3H3,(H,28,29). The maximum absolute atomic E-state index is 12.7. The third kappa shape index (κ3) is 5.57. The molecule has 0 atom stereocenters. The lowest BCUT2D eigenvalue weighted by Gasteiger charge is -2.31. The molecule has 0 heterocycles. The Bertz CT molecular complexity index is 936. The second kappa shape index (κ2) is 9.09. The number of nitrogens with one attached hydrogen (secondary N) is 1. The summed E-state index contributed by atoms with van der Waals surface area (Å²) in [6.07, 6.45) is 5.68. The summed E-state index contributed by atoms with van der Waals surface area (Å²) in [5, 5.41) is 12.5. The maximum atomic E-state index is 12.7. The second-order valence-electron chi connectivity index (χ2n) is 8.84. The number of hydrogen-bond acceptors (Lipinski definition) is 2. The van der Waals surface area contributed by atoms with Crippen molar-refractivity contribution in [2.24, 2.45) is 5.41 Å². The van der Waals surface area contributed by atoms with Crippen molar-refractivity contribution in [3.05, 3.63) is 76.4 Å². The van der Waals surface area contributed by atoms with Crippen molar-refractivity contribution in [1.29, 1.82) is 5.26 Å². The number of carbonyl (C=O) groups is 1. The van der Waals surface area contributed by atoms with E-state index in [0.29, 0.717) is 11.0 Å². The summed E-state index contributed by atoms with van der Waals surface area (Å²) in [7, 11) is 0. The first-order valence-electron chi connectivity index (χ1n) is 10.4. The summed E-state index contributed by atoms with van der Waals surface area (Å²) < 4.78 is 0. The summed E-state index contributed by atoms with van der Waals surface area (Å²) >= 11 is 0. The number of aryl methyl sites for hydroxylation is 3. The van der Waals surface area contributed by atoms with Gasteiger partial charge in [0.1, 0.15) is 11.6 Å². The van der Waals surface area contributed by atoms with Gasteiger partial charge >= 0.3 is 0 Å². The van der Waals surface area contributed by atoms with Crippen molar-refractivity contribution < 1.29 is 4.79 Å². The first-order valence-corrected chi connectivity index (χ1v) is 10.4. The van der Waals surface area contributed by atoms with E-state index in [9.17, 15) is 10.1 Å². The van der Waals surface area contributed by atoms with Gasteiger partial charge in [0.05, 0.1) is 0 Å². The number of allylic oxidation sites excluding steroid dienone is 1. The van der Waals surface area contributed by atoms with Crippen molar-refractivity contribution in [2.75, 3.05) is 5.32 Å². The molecule has 0 radical (unpaired) electrons. The second-order valence-corrected chi connectivity index (χ2v) is 8.84. The van der Waals surface area contributed by atoms with E-state index in [1.54, 1.807) is 0 Å². The normalized spacial score (nSPS) is 15.4. The number of hydrogen-bond donors (Lipinski definition) is 1. The largest absolute Gasteiger partial charge is 0.321 e. The molecule has 1 aliphatic carbocycles. The van der Waals surface area contributed by atoms with Crippen molar-refractivity contribution in [3.8, 4) is 6.07 Å². The molecule has 2 aromatic rings. The van der Waals surface area contributed by atoms with Gasteiger partial charge in [-0.25, -0.2) is 0 Å². The van der Waals surface area contributed by atoms with Gasteiger partial charge in [-0.15, -0.1) is 0 Å². The highest BCUT2D eigenvalue weighted by atomic mass is 16.1. The average Bonchev–Trinajstić information content (AvgIpc) is 2.70. The molecule has 0 saturated heterocycles. The molecular weight excluding hydrogens is 356 g/mol. The summed E-state index contributed by atoms with van der Waals surface area (Å²) in [6.45, 7) is 6.57. The summed E-state index contributed by atoms with van der Waals surface area (Å²) in [4.78, 5) is 12.7. The van der Waals surface area contributed by atoms with E-state index in [4.69, 9.17) is 0 Å². The molecule has 0 aliphatic heterocycles. The zero-order valence-corrected chi connectivity index (χ0v) is 17.7. The van der Waals surface area contributed by atoms with Gasteiger partial charge in [0, 0.05) is 5.69 Å². The zero-order valence-electron chi connectivity index (χ0n) is 17.7. The SMILES string of the molecule is Cc1cc(NC(=O)C(C#N)=C2CCC(C)(C)CC2)ccc1CCc1ccccc1. The molecule has 0 spiro atoms. The minimum atomic E-state index is -0.279. The number of nitriles is 1. The van der Waals surface area contributed by atoms with Gasteiger partial charge in [0.15, 0.2) is 0 Å². The molecule has 2 aromatic carbocycles. The Morgan fingerprint density at radius 3 is 2.38 bits per heavy atom. The Morgan fingerprint density at radius 1 is 1.07 bits per heavy atom. The molecule has 0 bridgehead atoms. The van der Waals surface area contributed by atoms with Crippen molar-refractivity contribution in [3.63, 3.8) is 0 Å². The smallest absolute Gasteiger partial charge is 0.266 e. The highest BCUT2D eigenvalue weighted by Gasteiger charge is 2.27. The maximum Gasteiger partial charge on any atom is 0.266 e. The van der Waals surface area contributed by atoms with E-state index in [0.717, 1.165) is 55.3 Å². The molecule has 1 amide bonds. The summed E-state index contributed by atoms with van der Waals surface area (Å²) in [5.74, 6) is -0.279. The number of carbonyl (C=O) groups excluding carboxylic acids is 1. The zero-order chi connectivity index (χ0) is 20.9. The third-order valence-corrected chi connectivity index (χ3v) is 6.03. The Labute approximate surface area is 174 Å². The van der Waals surface area contributed by atoms with E-state index in [1.807, 2.05) is 18.2 Å². The van der Waals surface area contributed by atoms with Crippen LogP contribution in [0, 0.1) is 23.7 Å². The Morgan fingerprint density at radius 2 is 1.76 bits per heavy atom. The van der Waals surface area contributed by atoms with E-state index < -0.39 is 0 Å². The number of nitrogens with zero attached hydrogens (tertiary/aromatic N) is 1. The van der Waals surface area contributed by atoms with Crippen LogP contribution in [0.1, 0.15) is 56.2 Å². The molecule has 29 heavy (non-hydrogen) atoms. The van der Waals surface area contributed by atoms with Gasteiger partial charge in [0.25, 0.3) is 5.91 Å². The van der Waals surface area contributed by atoms with Crippen LogP contribution in [0.5, 0.6) is 0 Å². The van der Waals surface area contributed by atoms with Crippen molar-refractivity contribution in [2.45, 2.75) is 59.3 Å². The molecule has 150 valence electrons. The summed E-state index contributed by atoms with van der Waals surface area (Å²) in [5.41, 5.74) is 6.11. The van der Waals surface area contributed by atoms with Gasteiger partial charge in [-0.2, -0.15) is 5.26 Å². The highest BCUT2D eigenvalue weighted by Crippen LogP contribution is 2.38. The minimum Gasteiger partial charge on any atom is -0.321 e. The highest BCUT2D eigenvalue weighted by molar-refractivity contribution is 6.07. The van der Waals surface area contributed by atoms with E-state index in [-0.39, 0.29) is 5.91 Å². The van der Waals surface area contributed by atoms with Crippen LogP contribution in [-0.2, 0) is 17.6 Å².